The Kier molecular flexibility index (Phi) is 10.5. The van der Waals surface area contributed by atoms with Crippen molar-refractivity contribution >= 4 is 14.1 Å². The van der Waals surface area contributed by atoms with E-state index >= 15 is 0 Å². The van der Waals surface area contributed by atoms with Crippen LogP contribution in [-0.4, -0.2) is 46.3 Å². The molecule has 1 unspecified atom stereocenters. The van der Waals surface area contributed by atoms with Gasteiger partial charge in [-0.1, -0.05) is 76.6 Å². The zero-order valence-corrected chi connectivity index (χ0v) is 30.5. The van der Waals surface area contributed by atoms with Gasteiger partial charge in [0.1, 0.15) is 5.82 Å². The van der Waals surface area contributed by atoms with Crippen LogP contribution >= 0.6 is 0 Å². The van der Waals surface area contributed by atoms with Crippen LogP contribution < -0.4 is 5.56 Å². The van der Waals surface area contributed by atoms with Gasteiger partial charge in [-0.15, -0.1) is 0 Å². The van der Waals surface area contributed by atoms with Gasteiger partial charge in [0.15, 0.2) is 8.32 Å². The van der Waals surface area contributed by atoms with Gasteiger partial charge in [-0.05, 0) is 86.8 Å². The van der Waals surface area contributed by atoms with Gasteiger partial charge in [-0.3, -0.25) is 9.36 Å². The van der Waals surface area contributed by atoms with Crippen LogP contribution in [0.25, 0.3) is 16.9 Å². The number of rotatable bonds is 11. The highest BCUT2D eigenvalue weighted by Gasteiger charge is 2.38. The second-order valence-corrected chi connectivity index (χ2v) is 19.5. The zero-order chi connectivity index (χ0) is 33.9. The summed E-state index contributed by atoms with van der Waals surface area (Å²) in [5, 5.41) is 14.5. The third kappa shape index (κ3) is 7.61. The number of hydrogen-bond acceptors (Lipinski definition) is 6. The van der Waals surface area contributed by atoms with Gasteiger partial charge in [0.25, 0.3) is 5.56 Å². The van der Waals surface area contributed by atoms with Gasteiger partial charge >= 0.3 is 0 Å². The van der Waals surface area contributed by atoms with E-state index < -0.39 is 8.32 Å². The van der Waals surface area contributed by atoms with Crippen molar-refractivity contribution in [2.45, 2.75) is 123 Å². The largest absolute Gasteiger partial charge is 0.412 e. The Bertz CT molecular complexity index is 1790. The molecule has 1 aliphatic carbocycles. The highest BCUT2D eigenvalue weighted by atomic mass is 28.4. The van der Waals surface area contributed by atoms with Crippen molar-refractivity contribution in [2.24, 2.45) is 0 Å². The minimum absolute atomic E-state index is 0.0352. The first kappa shape index (κ1) is 34.7. The van der Waals surface area contributed by atoms with Crippen LogP contribution in [0.1, 0.15) is 101 Å². The molecule has 2 aromatic heterocycles. The van der Waals surface area contributed by atoms with Crippen molar-refractivity contribution in [3.8, 4) is 17.2 Å². The van der Waals surface area contributed by atoms with E-state index in [0.717, 1.165) is 66.5 Å². The summed E-state index contributed by atoms with van der Waals surface area (Å²) in [7, 11) is -1.85. The molecule has 47 heavy (non-hydrogen) atoms. The van der Waals surface area contributed by atoms with E-state index in [1.54, 1.807) is 0 Å². The molecule has 250 valence electrons. The van der Waals surface area contributed by atoms with Crippen LogP contribution in [0.4, 0.5) is 0 Å². The maximum Gasteiger partial charge on any atom is 0.259 e. The first-order valence-corrected chi connectivity index (χ1v) is 20.1. The first-order chi connectivity index (χ1) is 22.3. The van der Waals surface area contributed by atoms with Crippen molar-refractivity contribution in [3.63, 3.8) is 0 Å². The maximum atomic E-state index is 14.5. The third-order valence-electron chi connectivity index (χ3n) is 10.1. The molecule has 1 saturated carbocycles. The molecule has 5 rings (SSSR count). The molecule has 1 aliphatic rings. The fourth-order valence-electron chi connectivity index (χ4n) is 6.52. The third-order valence-corrected chi connectivity index (χ3v) is 14.7. The van der Waals surface area contributed by atoms with Crippen molar-refractivity contribution in [1.29, 1.82) is 5.26 Å². The number of aromatic nitrogens is 4. The lowest BCUT2D eigenvalue weighted by Crippen LogP contribution is -2.44. The molecule has 0 bridgehead atoms. The Morgan fingerprint density at radius 3 is 2.38 bits per heavy atom. The minimum Gasteiger partial charge on any atom is -0.412 e. The van der Waals surface area contributed by atoms with E-state index in [1.165, 1.54) is 0 Å². The summed E-state index contributed by atoms with van der Waals surface area (Å²) in [6.07, 6.45) is 5.84. The molecule has 4 aromatic rings. The van der Waals surface area contributed by atoms with E-state index in [2.05, 4.69) is 65.9 Å². The Morgan fingerprint density at radius 1 is 1.06 bits per heavy atom. The summed E-state index contributed by atoms with van der Waals surface area (Å²) < 4.78 is 16.7. The quantitative estimate of drug-likeness (QED) is 0.152. The number of nitriles is 1. The summed E-state index contributed by atoms with van der Waals surface area (Å²) in [6, 6.07) is 18.2. The predicted octanol–water partition coefficient (Wildman–Crippen LogP) is 8.19. The van der Waals surface area contributed by atoms with Crippen LogP contribution in [0.5, 0.6) is 0 Å². The summed E-state index contributed by atoms with van der Waals surface area (Å²) in [4.78, 5) is 19.3. The molecule has 9 heteroatoms. The number of ether oxygens (including phenoxy) is 1. The molecule has 0 radical (unpaired) electrons. The van der Waals surface area contributed by atoms with Crippen molar-refractivity contribution in [3.05, 3.63) is 87.1 Å². The Balaban J connectivity index is 1.37. The number of fused-ring (bicyclic) bond motifs is 1. The SMILES string of the molecule is CCCc1c(Cc2ccc(-c3ccccc3C#N)cc2)c(=O)n([C@H]2CC[C@H](OCC(C)O[Si](C)(C)C(C)(C)C)CC2)c2nc(C)nn12. The van der Waals surface area contributed by atoms with Crippen molar-refractivity contribution < 1.29 is 9.16 Å². The summed E-state index contributed by atoms with van der Waals surface area (Å²) in [5.74, 6) is 1.31. The number of benzene rings is 2. The molecule has 0 amide bonds. The summed E-state index contributed by atoms with van der Waals surface area (Å²) >= 11 is 0. The normalized spacial score (nSPS) is 17.9. The van der Waals surface area contributed by atoms with Crippen LogP contribution in [0.2, 0.25) is 18.1 Å². The minimum atomic E-state index is -1.85. The summed E-state index contributed by atoms with van der Waals surface area (Å²) in [5.41, 5.74) is 5.35. The molecule has 8 nitrogen and oxygen atoms in total. The molecule has 1 fully saturated rings. The average molecular weight is 654 g/mol. The standard InChI is InChI=1S/C38H51N5O3Si/c1-9-12-35-34(23-28-15-17-29(18-16-28)33-14-11-10-13-30(33)24-39)36(44)42(37-40-27(3)41-43(35)37)31-19-21-32(22-20-31)45-25-26(2)46-47(7,8)38(4,5)6/h10-11,13-18,26,31-32H,9,12,19-23,25H2,1-8H3/t26?,31-,32-. The molecule has 0 saturated heterocycles. The van der Waals surface area contributed by atoms with E-state index in [9.17, 15) is 10.1 Å². The van der Waals surface area contributed by atoms with Crippen LogP contribution in [0, 0.1) is 18.3 Å². The van der Waals surface area contributed by atoms with Crippen LogP contribution in [0.3, 0.4) is 0 Å². The highest BCUT2D eigenvalue weighted by Crippen LogP contribution is 2.37. The lowest BCUT2D eigenvalue weighted by Gasteiger charge is -2.39. The lowest BCUT2D eigenvalue weighted by atomic mass is 9.92. The average Bonchev–Trinajstić information content (AvgIpc) is 3.42. The Labute approximate surface area is 280 Å². The van der Waals surface area contributed by atoms with E-state index in [0.29, 0.717) is 30.2 Å². The Morgan fingerprint density at radius 2 is 1.74 bits per heavy atom. The fraction of sp³-hybridized carbons (Fsp3) is 0.526. The molecular formula is C38H51N5O3Si. The molecule has 0 N–H and O–H groups in total. The van der Waals surface area contributed by atoms with Gasteiger partial charge in [-0.2, -0.15) is 15.3 Å². The number of aryl methyl sites for hydroxylation is 2. The predicted molar refractivity (Wildman–Crippen MR) is 190 cm³/mol. The molecule has 1 atom stereocenters. The molecule has 0 spiro atoms. The fourth-order valence-corrected chi connectivity index (χ4v) is 7.95. The smallest absolute Gasteiger partial charge is 0.259 e. The van der Waals surface area contributed by atoms with Gasteiger partial charge in [0.05, 0.1) is 36.1 Å². The lowest BCUT2D eigenvalue weighted by molar-refractivity contribution is -0.0198. The van der Waals surface area contributed by atoms with Crippen molar-refractivity contribution in [2.75, 3.05) is 6.61 Å². The van der Waals surface area contributed by atoms with Crippen LogP contribution in [-0.2, 0) is 22.0 Å². The van der Waals surface area contributed by atoms with Crippen LogP contribution in [0.15, 0.2) is 53.3 Å². The molecule has 2 heterocycles. The second-order valence-electron chi connectivity index (χ2n) is 14.7. The number of hydrogen-bond donors (Lipinski definition) is 0. The van der Waals surface area contributed by atoms with E-state index in [1.807, 2.05) is 52.4 Å². The highest BCUT2D eigenvalue weighted by molar-refractivity contribution is 6.74. The zero-order valence-electron chi connectivity index (χ0n) is 29.5. The van der Waals surface area contributed by atoms with Gasteiger partial charge < -0.3 is 9.16 Å². The Hall–Kier alpha value is -3.58. The van der Waals surface area contributed by atoms with Gasteiger partial charge in [-0.25, -0.2) is 4.52 Å². The van der Waals surface area contributed by atoms with Gasteiger partial charge in [0.2, 0.25) is 5.78 Å². The molecule has 2 aromatic carbocycles. The molecule has 0 aliphatic heterocycles. The monoisotopic (exact) mass is 653 g/mol. The summed E-state index contributed by atoms with van der Waals surface area (Å²) in [6.45, 7) is 18.1. The van der Waals surface area contributed by atoms with Crippen molar-refractivity contribution in [1.82, 2.24) is 19.2 Å². The van der Waals surface area contributed by atoms with E-state index in [4.69, 9.17) is 19.2 Å². The number of nitrogens with zero attached hydrogens (tertiary/aromatic N) is 5. The van der Waals surface area contributed by atoms with Gasteiger partial charge in [0, 0.05) is 18.0 Å². The second kappa shape index (κ2) is 14.3. The maximum absolute atomic E-state index is 14.5. The van der Waals surface area contributed by atoms with E-state index in [-0.39, 0.29) is 28.8 Å². The first-order valence-electron chi connectivity index (χ1n) is 17.2. The molecular weight excluding hydrogens is 603 g/mol. The topological polar surface area (TPSA) is 94.4 Å².